The molecule has 0 amide bonds. The van der Waals surface area contributed by atoms with Gasteiger partial charge in [-0.1, -0.05) is 11.3 Å². The second kappa shape index (κ2) is 11.4. The number of carbonyl (C=O) groups excluding carboxylic acids is 1. The van der Waals surface area contributed by atoms with E-state index >= 15 is 0 Å². The molecule has 0 saturated carbocycles. The van der Waals surface area contributed by atoms with E-state index < -0.39 is 0 Å². The Balaban J connectivity index is 0.000000243. The fraction of sp³-hybridized carbons (Fsp3) is 0.115. The van der Waals surface area contributed by atoms with Crippen molar-refractivity contribution < 1.29 is 19.0 Å². The summed E-state index contributed by atoms with van der Waals surface area (Å²) in [6.07, 6.45) is 1.68. The molecule has 2 aromatic heterocycles. The summed E-state index contributed by atoms with van der Waals surface area (Å²) in [6, 6.07) is 20.7. The Labute approximate surface area is 220 Å². The van der Waals surface area contributed by atoms with Crippen molar-refractivity contribution in [2.45, 2.75) is 4.44 Å². The summed E-state index contributed by atoms with van der Waals surface area (Å²) in [5.41, 5.74) is 8.25. The molecule has 5 aromatic rings. The number of ketones is 1. The van der Waals surface area contributed by atoms with Gasteiger partial charge in [0.1, 0.15) is 11.5 Å². The molecule has 0 aliphatic rings. The van der Waals surface area contributed by atoms with Crippen LogP contribution in [0.25, 0.3) is 21.1 Å². The summed E-state index contributed by atoms with van der Waals surface area (Å²) in [5.74, 6) is 2.84. The molecule has 0 aliphatic carbocycles. The van der Waals surface area contributed by atoms with E-state index in [1.807, 2.05) is 66.7 Å². The number of hydrogen-bond donors (Lipinski definition) is 1. The summed E-state index contributed by atoms with van der Waals surface area (Å²) in [7, 11) is 3.21. The average molecular weight is 592 g/mol. The Morgan fingerprint density at radius 3 is 2.46 bits per heavy atom. The minimum atomic E-state index is 0.267. The number of Topliss-reactive ketones (excluding diaryl/α,β-unsaturated/α-hetero) is 1. The quantitative estimate of drug-likeness (QED) is 0.208. The van der Waals surface area contributed by atoms with Crippen molar-refractivity contribution in [2.75, 3.05) is 20.0 Å². The van der Waals surface area contributed by atoms with Gasteiger partial charge in [-0.2, -0.15) is 0 Å². The molecule has 176 valence electrons. The number of rotatable bonds is 6. The summed E-state index contributed by atoms with van der Waals surface area (Å²) in [4.78, 5) is 19.7. The van der Waals surface area contributed by atoms with Crippen molar-refractivity contribution in [1.82, 2.24) is 9.97 Å². The van der Waals surface area contributed by atoms with E-state index in [9.17, 15) is 4.79 Å². The van der Waals surface area contributed by atoms with Crippen LogP contribution in [0.5, 0.6) is 23.0 Å². The van der Waals surface area contributed by atoms with Crippen LogP contribution in [0.3, 0.4) is 0 Å². The molecule has 0 fully saturated rings. The number of pyridine rings is 1. The number of methoxy groups -OCH3 is 2. The normalized spacial score (nSPS) is 10.5. The van der Waals surface area contributed by atoms with Crippen LogP contribution in [0.4, 0.5) is 5.13 Å². The molecule has 5 rings (SSSR count). The number of nitrogens with two attached hydrogens (primary N) is 1. The number of thiazole rings is 1. The van der Waals surface area contributed by atoms with E-state index in [4.69, 9.17) is 19.9 Å². The Hall–Kier alpha value is -3.37. The van der Waals surface area contributed by atoms with Crippen LogP contribution >= 0.6 is 11.3 Å². The van der Waals surface area contributed by atoms with Gasteiger partial charge in [0, 0.05) is 11.5 Å². The molecule has 7 nitrogen and oxygen atoms in total. The summed E-state index contributed by atoms with van der Waals surface area (Å²) < 4.78 is 18.5. The molecule has 0 bridgehead atoms. The topological polar surface area (TPSA) is 96.6 Å². The third-order valence-corrected chi connectivity index (χ3v) is 6.98. The van der Waals surface area contributed by atoms with Gasteiger partial charge in [-0.25, -0.2) is 4.98 Å². The van der Waals surface area contributed by atoms with Crippen LogP contribution in [0.1, 0.15) is 10.4 Å². The SMILES string of the molecule is COc1ccc2ncc(Oc3ccc4nc(N)sc4c3)cc2c1OC.O=C([CH2][SnH])c1ccccc1. The number of nitrogens with zero attached hydrogens (tertiary/aromatic N) is 2. The Morgan fingerprint density at radius 1 is 0.971 bits per heavy atom. The van der Waals surface area contributed by atoms with Crippen molar-refractivity contribution in [3.63, 3.8) is 0 Å². The summed E-state index contributed by atoms with van der Waals surface area (Å²) >= 11 is 2.44. The Kier molecular flexibility index (Phi) is 8.04. The fourth-order valence-electron chi connectivity index (χ4n) is 3.43. The number of ether oxygens (including phenoxy) is 3. The maximum absolute atomic E-state index is 11.0. The van der Waals surface area contributed by atoms with Crippen LogP contribution in [-0.2, 0) is 0 Å². The first kappa shape index (κ1) is 24.7. The Bertz CT molecular complexity index is 1470. The number of carbonyl (C=O) groups is 1. The van der Waals surface area contributed by atoms with Crippen molar-refractivity contribution in [3.05, 3.63) is 78.5 Å². The number of anilines is 1. The number of hydrogen-bond acceptors (Lipinski definition) is 8. The fourth-order valence-corrected chi connectivity index (χ4v) is 4.86. The van der Waals surface area contributed by atoms with Gasteiger partial charge in [-0.3, -0.25) is 4.98 Å². The van der Waals surface area contributed by atoms with Gasteiger partial charge >= 0.3 is 73.4 Å². The predicted octanol–water partition coefficient (Wildman–Crippen LogP) is 5.42. The molecule has 0 spiro atoms. The monoisotopic (exact) mass is 593 g/mol. The number of aromatic nitrogens is 2. The average Bonchev–Trinajstić information content (AvgIpc) is 3.27. The van der Waals surface area contributed by atoms with Crippen LogP contribution < -0.4 is 19.9 Å². The molecule has 3 aromatic carbocycles. The number of nitrogen functional groups attached to an aromatic ring is 1. The van der Waals surface area contributed by atoms with Crippen LogP contribution in [0.2, 0.25) is 4.44 Å². The molecule has 2 radical (unpaired) electrons. The zero-order valence-electron chi connectivity index (χ0n) is 19.2. The van der Waals surface area contributed by atoms with Crippen molar-refractivity contribution in [2.24, 2.45) is 0 Å². The van der Waals surface area contributed by atoms with Crippen LogP contribution in [-0.4, -0.2) is 52.5 Å². The third-order valence-electron chi connectivity index (χ3n) is 5.07. The van der Waals surface area contributed by atoms with E-state index in [0.717, 1.165) is 53.6 Å². The molecule has 0 aliphatic heterocycles. The maximum atomic E-state index is 11.0. The van der Waals surface area contributed by atoms with Gasteiger partial charge in [-0.15, -0.1) is 0 Å². The minimum absolute atomic E-state index is 0.267. The molecule has 2 N–H and O–H groups in total. The van der Waals surface area contributed by atoms with Gasteiger partial charge in [0.2, 0.25) is 0 Å². The van der Waals surface area contributed by atoms with Gasteiger partial charge in [0.25, 0.3) is 0 Å². The van der Waals surface area contributed by atoms with Gasteiger partial charge in [0.15, 0.2) is 16.6 Å². The van der Waals surface area contributed by atoms with Crippen molar-refractivity contribution >= 4 is 65.9 Å². The zero-order chi connectivity index (χ0) is 24.8. The summed E-state index contributed by atoms with van der Waals surface area (Å²) in [5, 5.41) is 1.36. The van der Waals surface area contributed by atoms with Crippen LogP contribution in [0.15, 0.2) is 72.9 Å². The molecular formula is C26H23N3O4SSn. The van der Waals surface area contributed by atoms with Gasteiger partial charge in [0.05, 0.1) is 36.1 Å². The van der Waals surface area contributed by atoms with E-state index in [1.54, 1.807) is 20.4 Å². The first-order chi connectivity index (χ1) is 17.0. The van der Waals surface area contributed by atoms with Gasteiger partial charge < -0.3 is 19.9 Å². The summed E-state index contributed by atoms with van der Waals surface area (Å²) in [6.45, 7) is 0. The molecule has 0 unspecified atom stereocenters. The first-order valence-corrected chi connectivity index (χ1v) is 13.8. The molecule has 35 heavy (non-hydrogen) atoms. The third kappa shape index (κ3) is 5.83. The number of benzene rings is 3. The standard InChI is InChI=1S/C18H15N3O3S.C8H7O.Sn.H/c1-22-15-6-5-13-12(17(15)23-2)7-11(9-20-13)24-10-3-4-14-16(8-10)25-18(19)21-14;1-7(9)8-5-3-2-4-6-8;;/h3-9H,1-2H3,(H2,19,21);2-6H,1H2;;. The van der Waals surface area contributed by atoms with Crippen LogP contribution in [0, 0.1) is 0 Å². The predicted molar refractivity (Wildman–Crippen MR) is 142 cm³/mol. The second-order valence-corrected chi connectivity index (χ2v) is 9.54. The molecule has 0 saturated heterocycles. The van der Waals surface area contributed by atoms with Gasteiger partial charge in [-0.05, 0) is 30.3 Å². The Morgan fingerprint density at radius 2 is 1.74 bits per heavy atom. The van der Waals surface area contributed by atoms with E-state index in [0.29, 0.717) is 28.1 Å². The zero-order valence-corrected chi connectivity index (χ0v) is 23.3. The number of fused-ring (bicyclic) bond motifs is 2. The van der Waals surface area contributed by atoms with Crippen molar-refractivity contribution in [1.29, 1.82) is 0 Å². The second-order valence-electron chi connectivity index (χ2n) is 7.32. The van der Waals surface area contributed by atoms with E-state index in [-0.39, 0.29) is 5.78 Å². The first-order valence-electron chi connectivity index (χ1n) is 10.7. The molecule has 2 heterocycles. The molecule has 9 heteroatoms. The molecule has 0 atom stereocenters. The van der Waals surface area contributed by atoms with Crippen molar-refractivity contribution in [3.8, 4) is 23.0 Å². The molecular weight excluding hydrogens is 569 g/mol. The van der Waals surface area contributed by atoms with E-state index in [2.05, 4.69) is 9.97 Å². The van der Waals surface area contributed by atoms with E-state index in [1.165, 1.54) is 11.3 Å².